The maximum Gasteiger partial charge on any atom is 0.293 e. The lowest BCUT2D eigenvalue weighted by molar-refractivity contribution is -0.122. The van der Waals surface area contributed by atoms with Gasteiger partial charge in [0.15, 0.2) is 0 Å². The molecule has 4 nitrogen and oxygen atoms in total. The first-order valence-electron chi connectivity index (χ1n) is 6.49. The highest BCUT2D eigenvalue weighted by Gasteiger charge is 2.34. The van der Waals surface area contributed by atoms with Crippen molar-refractivity contribution in [2.24, 2.45) is 0 Å². The van der Waals surface area contributed by atoms with Crippen LogP contribution in [0.1, 0.15) is 30.0 Å². The van der Waals surface area contributed by atoms with Crippen molar-refractivity contribution < 1.29 is 14.7 Å². The third-order valence-electron chi connectivity index (χ3n) is 3.13. The van der Waals surface area contributed by atoms with E-state index in [0.717, 1.165) is 34.9 Å². The van der Waals surface area contributed by atoms with Crippen LogP contribution in [0.2, 0.25) is 0 Å². The topological polar surface area (TPSA) is 57.6 Å². The molecule has 0 spiro atoms. The maximum atomic E-state index is 12.1. The van der Waals surface area contributed by atoms with Crippen LogP contribution >= 0.6 is 11.8 Å². The number of benzene rings is 1. The molecule has 2 amide bonds. The number of carbonyl (C=O) groups is 2. The molecule has 1 heterocycles. The third-order valence-corrected chi connectivity index (χ3v) is 4.04. The van der Waals surface area contributed by atoms with Gasteiger partial charge in [-0.3, -0.25) is 14.5 Å². The first-order chi connectivity index (χ1) is 9.43. The van der Waals surface area contributed by atoms with Crippen molar-refractivity contribution in [2.75, 3.05) is 6.54 Å². The van der Waals surface area contributed by atoms with E-state index in [9.17, 15) is 14.7 Å². The number of aryl methyl sites for hydroxylation is 2. The predicted molar refractivity (Wildman–Crippen MR) is 80.5 cm³/mol. The van der Waals surface area contributed by atoms with Crippen molar-refractivity contribution in [2.45, 2.75) is 27.2 Å². The molecule has 1 N–H and O–H groups in total. The predicted octanol–water partition coefficient (Wildman–Crippen LogP) is 3.46. The normalized spacial score (nSPS) is 17.4. The van der Waals surface area contributed by atoms with Gasteiger partial charge in [0, 0.05) is 6.54 Å². The van der Waals surface area contributed by atoms with Crippen molar-refractivity contribution >= 4 is 29.0 Å². The minimum Gasteiger partial charge on any atom is -0.507 e. The Hall–Kier alpha value is -1.75. The number of imide groups is 1. The highest BCUT2D eigenvalue weighted by molar-refractivity contribution is 8.18. The lowest BCUT2D eigenvalue weighted by Gasteiger charge is -2.09. The molecule has 1 aromatic rings. The van der Waals surface area contributed by atoms with Gasteiger partial charge < -0.3 is 5.11 Å². The minimum atomic E-state index is -0.231. The van der Waals surface area contributed by atoms with Crippen molar-refractivity contribution in [1.82, 2.24) is 4.90 Å². The summed E-state index contributed by atoms with van der Waals surface area (Å²) in [4.78, 5) is 25.6. The second kappa shape index (κ2) is 5.71. The fraction of sp³-hybridized carbons (Fsp3) is 0.333. The van der Waals surface area contributed by atoms with Gasteiger partial charge in [-0.25, -0.2) is 0 Å². The Balaban J connectivity index is 2.33. The van der Waals surface area contributed by atoms with Gasteiger partial charge in [0.25, 0.3) is 11.1 Å². The molecule has 0 saturated carbocycles. The molecule has 2 rings (SSSR count). The molecule has 20 heavy (non-hydrogen) atoms. The standard InChI is InChI=1S/C15H17NO3S/c1-4-5-16-14(18)12(20-15(16)19)8-11-6-9(2)13(17)10(3)7-11/h6-8,17H,4-5H2,1-3H3/b12-8-. The van der Waals surface area contributed by atoms with Crippen molar-refractivity contribution in [3.63, 3.8) is 0 Å². The van der Waals surface area contributed by atoms with Crippen molar-refractivity contribution in [3.8, 4) is 5.75 Å². The zero-order valence-electron chi connectivity index (χ0n) is 11.8. The van der Waals surface area contributed by atoms with Gasteiger partial charge in [-0.15, -0.1) is 0 Å². The first kappa shape index (κ1) is 14.7. The second-order valence-electron chi connectivity index (χ2n) is 4.84. The molecular weight excluding hydrogens is 274 g/mol. The molecule has 1 aromatic carbocycles. The van der Waals surface area contributed by atoms with Crippen molar-refractivity contribution in [3.05, 3.63) is 33.7 Å². The van der Waals surface area contributed by atoms with E-state index in [2.05, 4.69) is 0 Å². The monoisotopic (exact) mass is 291 g/mol. The minimum absolute atomic E-state index is 0.213. The highest BCUT2D eigenvalue weighted by atomic mass is 32.2. The number of aromatic hydroxyl groups is 1. The van der Waals surface area contributed by atoms with Gasteiger partial charge in [-0.2, -0.15) is 0 Å². The van der Waals surface area contributed by atoms with E-state index in [-0.39, 0.29) is 16.9 Å². The number of rotatable bonds is 3. The average molecular weight is 291 g/mol. The number of nitrogens with zero attached hydrogens (tertiary/aromatic N) is 1. The van der Waals surface area contributed by atoms with Crippen LogP contribution in [0.5, 0.6) is 5.75 Å². The van der Waals surface area contributed by atoms with E-state index < -0.39 is 0 Å². The Kier molecular flexibility index (Phi) is 4.18. The molecule has 0 radical (unpaired) electrons. The first-order valence-corrected chi connectivity index (χ1v) is 7.31. The lowest BCUT2D eigenvalue weighted by Crippen LogP contribution is -2.28. The molecule has 0 bridgehead atoms. The molecule has 0 aromatic heterocycles. The van der Waals surface area contributed by atoms with Gasteiger partial charge in [0.2, 0.25) is 0 Å². The lowest BCUT2D eigenvalue weighted by atomic mass is 10.1. The van der Waals surface area contributed by atoms with Crippen LogP contribution in [0.25, 0.3) is 6.08 Å². The zero-order valence-corrected chi connectivity index (χ0v) is 12.6. The number of phenolic OH excluding ortho intramolecular Hbond substituents is 1. The molecule has 5 heteroatoms. The Morgan fingerprint density at radius 1 is 1.25 bits per heavy atom. The van der Waals surface area contributed by atoms with Crippen LogP contribution in [-0.2, 0) is 4.79 Å². The maximum absolute atomic E-state index is 12.1. The van der Waals surface area contributed by atoms with Gasteiger partial charge in [-0.1, -0.05) is 6.92 Å². The van der Waals surface area contributed by atoms with Gasteiger partial charge >= 0.3 is 0 Å². The fourth-order valence-corrected chi connectivity index (χ4v) is 3.01. The Bertz CT molecular complexity index is 584. The Morgan fingerprint density at radius 3 is 2.40 bits per heavy atom. The average Bonchev–Trinajstić information content (AvgIpc) is 2.64. The number of hydrogen-bond donors (Lipinski definition) is 1. The van der Waals surface area contributed by atoms with E-state index in [1.54, 1.807) is 18.2 Å². The summed E-state index contributed by atoms with van der Waals surface area (Å²) in [6, 6.07) is 3.60. The highest BCUT2D eigenvalue weighted by Crippen LogP contribution is 2.33. The summed E-state index contributed by atoms with van der Waals surface area (Å²) >= 11 is 0.969. The fourth-order valence-electron chi connectivity index (χ4n) is 2.14. The molecular formula is C15H17NO3S. The number of amides is 2. The quantitative estimate of drug-likeness (QED) is 0.867. The van der Waals surface area contributed by atoms with Crippen LogP contribution in [0.4, 0.5) is 4.79 Å². The summed E-state index contributed by atoms with van der Waals surface area (Å²) in [6.45, 7) is 6.00. The van der Waals surface area contributed by atoms with Crippen molar-refractivity contribution in [1.29, 1.82) is 0 Å². The number of phenols is 1. The molecule has 1 saturated heterocycles. The van der Waals surface area contributed by atoms with E-state index in [1.807, 2.05) is 20.8 Å². The molecule has 1 aliphatic heterocycles. The summed E-state index contributed by atoms with van der Waals surface area (Å²) in [5, 5.41) is 9.53. The molecule has 0 atom stereocenters. The molecule has 1 aliphatic rings. The SMILES string of the molecule is CCCN1C(=O)S/C(=C\c2cc(C)c(O)c(C)c2)C1=O. The van der Waals surface area contributed by atoms with Crippen LogP contribution in [-0.4, -0.2) is 27.7 Å². The summed E-state index contributed by atoms with van der Waals surface area (Å²) in [6.07, 6.45) is 2.46. The Morgan fingerprint density at radius 2 is 1.85 bits per heavy atom. The van der Waals surface area contributed by atoms with E-state index in [0.29, 0.717) is 11.4 Å². The van der Waals surface area contributed by atoms with Crippen LogP contribution in [0.15, 0.2) is 17.0 Å². The van der Waals surface area contributed by atoms with Crippen LogP contribution in [0.3, 0.4) is 0 Å². The summed E-state index contributed by atoms with van der Waals surface area (Å²) in [7, 11) is 0. The number of hydrogen-bond acceptors (Lipinski definition) is 4. The third kappa shape index (κ3) is 2.72. The molecule has 0 unspecified atom stereocenters. The molecule has 0 aliphatic carbocycles. The summed E-state index contributed by atoms with van der Waals surface area (Å²) in [5.41, 5.74) is 2.33. The van der Waals surface area contributed by atoms with Crippen LogP contribution in [0, 0.1) is 13.8 Å². The molecule has 106 valence electrons. The van der Waals surface area contributed by atoms with Gasteiger partial charge in [0.1, 0.15) is 5.75 Å². The van der Waals surface area contributed by atoms with Gasteiger partial charge in [-0.05, 0) is 66.9 Å². The van der Waals surface area contributed by atoms with E-state index >= 15 is 0 Å². The zero-order chi connectivity index (χ0) is 14.9. The Labute approximate surface area is 122 Å². The van der Waals surface area contributed by atoms with E-state index in [4.69, 9.17) is 0 Å². The smallest absolute Gasteiger partial charge is 0.293 e. The summed E-state index contributed by atoms with van der Waals surface area (Å²) in [5.74, 6) is 0.0338. The molecule has 1 fully saturated rings. The number of carbonyl (C=O) groups excluding carboxylic acids is 2. The number of thioether (sulfide) groups is 1. The van der Waals surface area contributed by atoms with Gasteiger partial charge in [0.05, 0.1) is 4.91 Å². The largest absolute Gasteiger partial charge is 0.507 e. The van der Waals surface area contributed by atoms with Crippen LogP contribution < -0.4 is 0 Å². The second-order valence-corrected chi connectivity index (χ2v) is 5.83. The van der Waals surface area contributed by atoms with E-state index in [1.165, 1.54) is 4.90 Å². The summed E-state index contributed by atoms with van der Waals surface area (Å²) < 4.78 is 0.